The number of carbonyl (C=O) groups excluding carboxylic acids is 1. The number of aromatic hydroxyl groups is 2. The highest BCUT2D eigenvalue weighted by Gasteiger charge is 2.63. The molecule has 7 heteroatoms. The Hall–Kier alpha value is -2.64. The molecular weight excluding hydrogens is 418 g/mol. The Bertz CT molecular complexity index is 1100. The highest BCUT2D eigenvalue weighted by Crippen LogP contribution is 2.56. The number of piperidine rings is 1. The molecule has 33 heavy (non-hydrogen) atoms. The number of carbonyl (C=O) groups is 1. The van der Waals surface area contributed by atoms with E-state index < -0.39 is 11.0 Å². The molecule has 0 radical (unpaired) electrons. The molecule has 1 saturated carbocycles. The van der Waals surface area contributed by atoms with Gasteiger partial charge in [-0.25, -0.2) is 4.98 Å². The molecule has 2 aromatic rings. The molecule has 2 saturated heterocycles. The van der Waals surface area contributed by atoms with Gasteiger partial charge in [-0.05, 0) is 86.4 Å². The van der Waals surface area contributed by atoms with E-state index in [9.17, 15) is 20.1 Å². The standard InChI is InChI=1S/C26H31N3O4/c30-19-6-5-18-14-22-26(33)9-13-28(24(32)23-21(31)2-1-10-27-23)11-7-25(26,20(18)15-19)8-12-29(22)16-17-3-4-17/h1-2,5-6,10,15,17,22,30-31,33H,3-4,7-9,11-14,16H2/t22-,25+,26-/m1/s1. The van der Waals surface area contributed by atoms with E-state index in [-0.39, 0.29) is 29.1 Å². The summed E-state index contributed by atoms with van der Waals surface area (Å²) in [6.45, 7) is 2.84. The SMILES string of the molecule is O=C(c1ncccc1O)N1CC[C@]23CCN(CC4CC4)[C@H](Cc4ccc(O)cc42)[C@]3(O)CC1. The number of rotatable bonds is 3. The average Bonchev–Trinajstić information content (AvgIpc) is 3.63. The fourth-order valence-electron chi connectivity index (χ4n) is 6.78. The Kier molecular flexibility index (Phi) is 4.72. The van der Waals surface area contributed by atoms with Crippen LogP contribution in [-0.2, 0) is 11.8 Å². The number of aliphatic hydroxyl groups is 1. The third kappa shape index (κ3) is 3.16. The smallest absolute Gasteiger partial charge is 0.276 e. The van der Waals surface area contributed by atoms with Crippen LogP contribution in [0.3, 0.4) is 0 Å². The van der Waals surface area contributed by atoms with E-state index in [1.807, 2.05) is 12.1 Å². The summed E-state index contributed by atoms with van der Waals surface area (Å²) in [5.41, 5.74) is 0.809. The van der Waals surface area contributed by atoms with Crippen LogP contribution in [0.5, 0.6) is 11.5 Å². The molecule has 7 nitrogen and oxygen atoms in total. The summed E-state index contributed by atoms with van der Waals surface area (Å²) in [5.74, 6) is 0.538. The molecule has 1 aromatic heterocycles. The molecule has 2 aliphatic heterocycles. The minimum Gasteiger partial charge on any atom is -0.508 e. The predicted octanol–water partition coefficient (Wildman–Crippen LogP) is 2.44. The summed E-state index contributed by atoms with van der Waals surface area (Å²) >= 11 is 0. The molecule has 3 N–H and O–H groups in total. The van der Waals surface area contributed by atoms with Crippen molar-refractivity contribution in [2.24, 2.45) is 5.92 Å². The maximum Gasteiger partial charge on any atom is 0.276 e. The van der Waals surface area contributed by atoms with Crippen LogP contribution in [-0.4, -0.2) is 73.8 Å². The lowest BCUT2D eigenvalue weighted by atomic mass is 9.52. The summed E-state index contributed by atoms with van der Waals surface area (Å²) in [6.07, 6.45) is 6.70. The van der Waals surface area contributed by atoms with Crippen LogP contribution in [0, 0.1) is 5.92 Å². The molecule has 1 aromatic carbocycles. The molecule has 6 rings (SSSR count). The minimum absolute atomic E-state index is 0.00204. The van der Waals surface area contributed by atoms with Gasteiger partial charge in [0.1, 0.15) is 11.5 Å². The van der Waals surface area contributed by atoms with Crippen LogP contribution < -0.4 is 0 Å². The first-order valence-electron chi connectivity index (χ1n) is 12.1. The van der Waals surface area contributed by atoms with Crippen molar-refractivity contribution >= 4 is 5.91 Å². The summed E-state index contributed by atoms with van der Waals surface area (Å²) in [5, 5.41) is 33.0. The molecule has 3 atom stereocenters. The normalized spacial score (nSPS) is 31.4. The summed E-state index contributed by atoms with van der Waals surface area (Å²) in [4.78, 5) is 21.6. The van der Waals surface area contributed by atoms with Gasteiger partial charge < -0.3 is 20.2 Å². The lowest BCUT2D eigenvalue weighted by molar-refractivity contribution is -0.149. The molecule has 2 aliphatic carbocycles. The Morgan fingerprint density at radius 2 is 1.88 bits per heavy atom. The topological polar surface area (TPSA) is 97.1 Å². The van der Waals surface area contributed by atoms with Crippen molar-refractivity contribution < 1.29 is 20.1 Å². The molecule has 0 unspecified atom stereocenters. The molecule has 0 spiro atoms. The fraction of sp³-hybridized carbons (Fsp3) is 0.538. The van der Waals surface area contributed by atoms with Crippen LogP contribution in [0.15, 0.2) is 36.5 Å². The van der Waals surface area contributed by atoms with E-state index in [4.69, 9.17) is 0 Å². The maximum atomic E-state index is 13.3. The van der Waals surface area contributed by atoms with Crippen molar-refractivity contribution in [2.45, 2.75) is 55.6 Å². The van der Waals surface area contributed by atoms with Crippen molar-refractivity contribution in [1.29, 1.82) is 0 Å². The van der Waals surface area contributed by atoms with Crippen molar-refractivity contribution in [3.05, 3.63) is 53.3 Å². The van der Waals surface area contributed by atoms with Gasteiger partial charge in [0.05, 0.1) is 5.60 Å². The number of pyridine rings is 1. The van der Waals surface area contributed by atoms with Crippen molar-refractivity contribution in [3.63, 3.8) is 0 Å². The number of likely N-dealkylation sites (tertiary alicyclic amines) is 2. The minimum atomic E-state index is -0.984. The number of hydrogen-bond acceptors (Lipinski definition) is 6. The maximum absolute atomic E-state index is 13.3. The molecule has 3 fully saturated rings. The van der Waals surface area contributed by atoms with Gasteiger partial charge in [0.2, 0.25) is 0 Å². The van der Waals surface area contributed by atoms with Gasteiger partial charge in [-0.2, -0.15) is 0 Å². The third-order valence-electron chi connectivity index (χ3n) is 8.71. The summed E-state index contributed by atoms with van der Waals surface area (Å²) < 4.78 is 0. The van der Waals surface area contributed by atoms with Gasteiger partial charge in [0.15, 0.2) is 5.69 Å². The second kappa shape index (κ2) is 7.43. The quantitative estimate of drug-likeness (QED) is 0.666. The Balaban J connectivity index is 1.39. The zero-order valence-corrected chi connectivity index (χ0v) is 18.8. The van der Waals surface area contributed by atoms with Gasteiger partial charge in [-0.15, -0.1) is 0 Å². The number of phenolic OH excluding ortho intramolecular Hbond substituents is 1. The molecular formula is C26H31N3O4. The van der Waals surface area contributed by atoms with Crippen LogP contribution in [0.2, 0.25) is 0 Å². The number of amides is 1. The van der Waals surface area contributed by atoms with Crippen LogP contribution in [0.1, 0.15) is 53.7 Å². The summed E-state index contributed by atoms with van der Waals surface area (Å²) in [7, 11) is 0. The number of benzene rings is 1. The Morgan fingerprint density at radius 3 is 2.67 bits per heavy atom. The second-order valence-corrected chi connectivity index (χ2v) is 10.4. The molecule has 1 amide bonds. The Labute approximate surface area is 193 Å². The first-order valence-corrected chi connectivity index (χ1v) is 12.1. The van der Waals surface area contributed by atoms with E-state index in [2.05, 4.69) is 9.88 Å². The number of fused-ring (bicyclic) bond motifs is 1. The largest absolute Gasteiger partial charge is 0.508 e. The lowest BCUT2D eigenvalue weighted by Crippen LogP contribution is -2.71. The van der Waals surface area contributed by atoms with Crippen LogP contribution in [0.4, 0.5) is 0 Å². The van der Waals surface area contributed by atoms with Gasteiger partial charge in [-0.1, -0.05) is 6.07 Å². The van der Waals surface area contributed by atoms with Crippen molar-refractivity contribution in [2.75, 3.05) is 26.2 Å². The van der Waals surface area contributed by atoms with E-state index in [1.54, 1.807) is 17.0 Å². The van der Waals surface area contributed by atoms with Crippen LogP contribution in [0.25, 0.3) is 0 Å². The van der Waals surface area contributed by atoms with E-state index in [0.717, 1.165) is 37.4 Å². The van der Waals surface area contributed by atoms with Gasteiger partial charge in [-0.3, -0.25) is 9.69 Å². The van der Waals surface area contributed by atoms with Crippen molar-refractivity contribution in [1.82, 2.24) is 14.8 Å². The van der Waals surface area contributed by atoms with E-state index >= 15 is 0 Å². The zero-order chi connectivity index (χ0) is 22.8. The first kappa shape index (κ1) is 20.9. The average molecular weight is 450 g/mol. The summed E-state index contributed by atoms with van der Waals surface area (Å²) in [6, 6.07) is 8.69. The van der Waals surface area contributed by atoms with E-state index in [1.165, 1.54) is 30.7 Å². The van der Waals surface area contributed by atoms with Crippen LogP contribution >= 0.6 is 0 Å². The number of nitrogens with zero attached hydrogens (tertiary/aromatic N) is 3. The zero-order valence-electron chi connectivity index (χ0n) is 18.8. The highest BCUT2D eigenvalue weighted by molar-refractivity contribution is 5.94. The van der Waals surface area contributed by atoms with E-state index in [0.29, 0.717) is 25.9 Å². The lowest BCUT2D eigenvalue weighted by Gasteiger charge is -2.61. The highest BCUT2D eigenvalue weighted by atomic mass is 16.3. The molecule has 3 heterocycles. The Morgan fingerprint density at radius 1 is 1.09 bits per heavy atom. The first-order chi connectivity index (χ1) is 15.9. The predicted molar refractivity (Wildman–Crippen MR) is 122 cm³/mol. The number of phenols is 1. The van der Waals surface area contributed by atoms with Crippen molar-refractivity contribution in [3.8, 4) is 11.5 Å². The number of hydrogen-bond donors (Lipinski definition) is 3. The molecule has 174 valence electrons. The van der Waals surface area contributed by atoms with Gasteiger partial charge in [0, 0.05) is 37.3 Å². The van der Waals surface area contributed by atoms with Gasteiger partial charge >= 0.3 is 0 Å². The van der Waals surface area contributed by atoms with Gasteiger partial charge in [0.25, 0.3) is 5.91 Å². The monoisotopic (exact) mass is 449 g/mol. The number of aromatic nitrogens is 1. The molecule has 4 aliphatic rings. The second-order valence-electron chi connectivity index (χ2n) is 10.4. The molecule has 2 bridgehead atoms. The third-order valence-corrected chi connectivity index (χ3v) is 8.71. The fourth-order valence-corrected chi connectivity index (χ4v) is 6.78.